The Kier molecular flexibility index (Phi) is 5.01. The molecular weight excluding hydrogens is 330 g/mol. The van der Waals surface area contributed by atoms with Gasteiger partial charge in [-0.1, -0.05) is 11.6 Å². The van der Waals surface area contributed by atoms with Gasteiger partial charge in [-0.25, -0.2) is 9.97 Å². The third-order valence-electron chi connectivity index (χ3n) is 4.27. The molecule has 24 heavy (non-hydrogen) atoms. The van der Waals surface area contributed by atoms with Crippen LogP contribution in [0.3, 0.4) is 0 Å². The summed E-state index contributed by atoms with van der Waals surface area (Å²) in [4.78, 5) is 22.8. The van der Waals surface area contributed by atoms with Gasteiger partial charge in [0.25, 0.3) is 5.91 Å². The number of amides is 1. The highest BCUT2D eigenvalue weighted by atomic mass is 35.5. The van der Waals surface area contributed by atoms with Gasteiger partial charge in [0, 0.05) is 39.6 Å². The molecule has 8 heteroatoms. The topological polar surface area (TPSA) is 72.3 Å². The molecule has 1 fully saturated rings. The zero-order valence-electron chi connectivity index (χ0n) is 13.6. The van der Waals surface area contributed by atoms with E-state index in [9.17, 15) is 4.79 Å². The smallest absolute Gasteiger partial charge is 0.268 e. The number of nitrogens with zero attached hydrogens (tertiary/aromatic N) is 4. The van der Waals surface area contributed by atoms with Crippen molar-refractivity contribution in [3.8, 4) is 0 Å². The average molecular weight is 350 g/mol. The van der Waals surface area contributed by atoms with E-state index in [4.69, 9.17) is 16.3 Å². The van der Waals surface area contributed by atoms with E-state index in [0.717, 1.165) is 18.8 Å². The number of aromatic nitrogens is 3. The molecule has 1 aliphatic rings. The van der Waals surface area contributed by atoms with Gasteiger partial charge >= 0.3 is 0 Å². The molecule has 0 spiro atoms. The molecule has 3 rings (SSSR count). The van der Waals surface area contributed by atoms with Crippen molar-refractivity contribution < 1.29 is 9.53 Å². The maximum Gasteiger partial charge on any atom is 0.268 e. The third-order valence-corrected chi connectivity index (χ3v) is 4.48. The number of anilines is 1. The summed E-state index contributed by atoms with van der Waals surface area (Å²) < 4.78 is 7.20. The predicted octanol–water partition coefficient (Wildman–Crippen LogP) is 1.49. The number of aryl methyl sites for hydroxylation is 1. The lowest BCUT2D eigenvalue weighted by molar-refractivity contribution is 0.0938. The number of hydrogen-bond acceptors (Lipinski definition) is 5. The Morgan fingerprint density at radius 2 is 2.38 bits per heavy atom. The monoisotopic (exact) mass is 349 g/mol. The summed E-state index contributed by atoms with van der Waals surface area (Å²) in [6.45, 7) is 1.25. The first-order valence-electron chi connectivity index (χ1n) is 7.74. The van der Waals surface area contributed by atoms with Gasteiger partial charge < -0.3 is 19.5 Å². The number of methoxy groups -OCH3 is 1. The predicted molar refractivity (Wildman–Crippen MR) is 91.3 cm³/mol. The third kappa shape index (κ3) is 3.52. The summed E-state index contributed by atoms with van der Waals surface area (Å²) >= 11 is 5.94. The van der Waals surface area contributed by atoms with Crippen LogP contribution in [0.4, 0.5) is 5.82 Å². The van der Waals surface area contributed by atoms with Gasteiger partial charge in [-0.05, 0) is 18.6 Å². The maximum absolute atomic E-state index is 12.4. The van der Waals surface area contributed by atoms with E-state index >= 15 is 0 Å². The van der Waals surface area contributed by atoms with Crippen LogP contribution < -0.4 is 10.2 Å². The first-order chi connectivity index (χ1) is 11.6. The molecule has 1 amide bonds. The van der Waals surface area contributed by atoms with Crippen LogP contribution in [0.1, 0.15) is 16.9 Å². The minimum absolute atomic E-state index is 0.115. The molecule has 128 valence electrons. The van der Waals surface area contributed by atoms with E-state index in [1.54, 1.807) is 37.2 Å². The lowest BCUT2D eigenvalue weighted by Crippen LogP contribution is -2.41. The fourth-order valence-corrected chi connectivity index (χ4v) is 3.27. The highest BCUT2D eigenvalue weighted by Crippen LogP contribution is 2.24. The van der Waals surface area contributed by atoms with E-state index in [1.807, 2.05) is 6.07 Å². The number of halogens is 1. The van der Waals surface area contributed by atoms with Crippen LogP contribution in [-0.2, 0) is 11.8 Å². The second kappa shape index (κ2) is 7.19. The molecule has 1 N–H and O–H groups in total. The number of carbonyl (C=O) groups is 1. The van der Waals surface area contributed by atoms with Gasteiger partial charge in [0.2, 0.25) is 0 Å². The Bertz CT molecular complexity index is 706. The maximum atomic E-state index is 12.4. The van der Waals surface area contributed by atoms with E-state index in [1.165, 1.54) is 6.33 Å². The highest BCUT2D eigenvalue weighted by molar-refractivity contribution is 6.31. The summed E-state index contributed by atoms with van der Waals surface area (Å²) in [6, 6.07) is 3.64. The molecule has 0 aromatic carbocycles. The fraction of sp³-hybridized carbons (Fsp3) is 0.438. The highest BCUT2D eigenvalue weighted by Gasteiger charge is 2.33. The Labute approximate surface area is 145 Å². The molecule has 1 aliphatic heterocycles. The van der Waals surface area contributed by atoms with E-state index < -0.39 is 0 Å². The summed E-state index contributed by atoms with van der Waals surface area (Å²) in [5, 5.41) is 3.53. The Balaban J connectivity index is 1.68. The van der Waals surface area contributed by atoms with Crippen LogP contribution in [0.15, 0.2) is 30.9 Å². The molecular formula is C16H20ClN5O2. The largest absolute Gasteiger partial charge is 0.380 e. The summed E-state index contributed by atoms with van der Waals surface area (Å²) in [6.07, 6.45) is 5.89. The van der Waals surface area contributed by atoms with E-state index in [-0.39, 0.29) is 18.1 Å². The first kappa shape index (κ1) is 16.7. The molecule has 1 saturated heterocycles. The number of nitrogens with one attached hydrogen (secondary N) is 1. The standard InChI is InChI=1S/C16H20ClN5O2/c1-21-8-11(17)5-14(21)16(23)19-7-12-6-13(24-2)9-22(12)15-3-4-18-10-20-15/h3-5,8,10,12-13H,6-7,9H2,1-2H3,(H,19,23)/t12-,13-/m1/s1. The van der Waals surface area contributed by atoms with Crippen molar-refractivity contribution >= 4 is 23.3 Å². The molecule has 7 nitrogen and oxygen atoms in total. The summed E-state index contributed by atoms with van der Waals surface area (Å²) in [7, 11) is 3.50. The Morgan fingerprint density at radius 1 is 1.54 bits per heavy atom. The quantitative estimate of drug-likeness (QED) is 0.885. The molecule has 0 unspecified atom stereocenters. The minimum Gasteiger partial charge on any atom is -0.380 e. The zero-order chi connectivity index (χ0) is 17.1. The number of ether oxygens (including phenoxy) is 1. The lowest BCUT2D eigenvalue weighted by atomic mass is 10.2. The van der Waals surface area contributed by atoms with Crippen molar-refractivity contribution in [3.05, 3.63) is 41.6 Å². The second-order valence-electron chi connectivity index (χ2n) is 5.83. The Hall–Kier alpha value is -2.12. The van der Waals surface area contributed by atoms with Crippen molar-refractivity contribution in [2.45, 2.75) is 18.6 Å². The average Bonchev–Trinajstić information content (AvgIpc) is 3.16. The zero-order valence-corrected chi connectivity index (χ0v) is 14.4. The number of carbonyl (C=O) groups excluding carboxylic acids is 1. The Morgan fingerprint density at radius 3 is 3.00 bits per heavy atom. The van der Waals surface area contributed by atoms with Crippen molar-refractivity contribution in [2.75, 3.05) is 25.1 Å². The summed E-state index contributed by atoms with van der Waals surface area (Å²) in [5.74, 6) is 0.693. The van der Waals surface area contributed by atoms with Crippen LogP contribution in [-0.4, -0.2) is 52.8 Å². The molecule has 0 saturated carbocycles. The van der Waals surface area contributed by atoms with Gasteiger partial charge in [-0.15, -0.1) is 0 Å². The van der Waals surface area contributed by atoms with E-state index in [2.05, 4.69) is 20.2 Å². The normalized spacial score (nSPS) is 20.4. The van der Waals surface area contributed by atoms with Crippen LogP contribution >= 0.6 is 11.6 Å². The van der Waals surface area contributed by atoms with Crippen LogP contribution in [0.5, 0.6) is 0 Å². The number of hydrogen-bond donors (Lipinski definition) is 1. The van der Waals surface area contributed by atoms with Crippen LogP contribution in [0.25, 0.3) is 0 Å². The van der Waals surface area contributed by atoms with Crippen molar-refractivity contribution in [3.63, 3.8) is 0 Å². The molecule has 0 radical (unpaired) electrons. The molecule has 0 aliphatic carbocycles. The molecule has 2 aromatic heterocycles. The first-order valence-corrected chi connectivity index (χ1v) is 8.11. The van der Waals surface area contributed by atoms with E-state index in [0.29, 0.717) is 17.3 Å². The van der Waals surface area contributed by atoms with Gasteiger partial charge in [0.1, 0.15) is 17.8 Å². The van der Waals surface area contributed by atoms with Crippen molar-refractivity contribution in [1.29, 1.82) is 0 Å². The number of rotatable bonds is 5. The summed E-state index contributed by atoms with van der Waals surface area (Å²) in [5.41, 5.74) is 0.537. The molecule has 0 bridgehead atoms. The second-order valence-corrected chi connectivity index (χ2v) is 6.27. The van der Waals surface area contributed by atoms with Crippen molar-refractivity contribution in [2.24, 2.45) is 7.05 Å². The molecule has 2 aromatic rings. The van der Waals surface area contributed by atoms with Crippen molar-refractivity contribution in [1.82, 2.24) is 19.9 Å². The van der Waals surface area contributed by atoms with Crippen LogP contribution in [0, 0.1) is 0 Å². The minimum atomic E-state index is -0.145. The fourth-order valence-electron chi connectivity index (χ4n) is 3.02. The molecule has 3 heterocycles. The van der Waals surface area contributed by atoms with Gasteiger partial charge in [-0.3, -0.25) is 4.79 Å². The SMILES string of the molecule is CO[C@@H]1C[C@H](CNC(=O)c2cc(Cl)cn2C)N(c2ccncn2)C1. The van der Waals surface area contributed by atoms with Gasteiger partial charge in [-0.2, -0.15) is 0 Å². The van der Waals surface area contributed by atoms with Gasteiger partial charge in [0.15, 0.2) is 0 Å². The lowest BCUT2D eigenvalue weighted by Gasteiger charge is -2.25. The molecule has 2 atom stereocenters. The van der Waals surface area contributed by atoms with Gasteiger partial charge in [0.05, 0.1) is 17.2 Å². The van der Waals surface area contributed by atoms with Crippen LogP contribution in [0.2, 0.25) is 5.02 Å².